The second-order valence-electron chi connectivity index (χ2n) is 7.26. The average Bonchev–Trinajstić information content (AvgIpc) is 2.49. The van der Waals surface area contributed by atoms with Crippen LogP contribution in [0.4, 0.5) is 0 Å². The van der Waals surface area contributed by atoms with Crippen molar-refractivity contribution in [1.29, 1.82) is 0 Å². The highest BCUT2D eigenvalue weighted by Gasteiger charge is 2.24. The van der Waals surface area contributed by atoms with Crippen LogP contribution >= 0.6 is 24.8 Å². The Kier molecular flexibility index (Phi) is 12.3. The van der Waals surface area contributed by atoms with Gasteiger partial charge in [0.15, 0.2) is 0 Å². The van der Waals surface area contributed by atoms with Crippen molar-refractivity contribution < 1.29 is 9.90 Å². The first kappa shape index (κ1) is 23.9. The highest BCUT2D eigenvalue weighted by atomic mass is 35.5. The maximum Gasteiger partial charge on any atom is 0.222 e. The van der Waals surface area contributed by atoms with Crippen molar-refractivity contribution in [1.82, 2.24) is 15.1 Å². The number of hydrogen-bond acceptors (Lipinski definition) is 4. The van der Waals surface area contributed by atoms with Gasteiger partial charge in [-0.25, -0.2) is 0 Å². The molecule has 1 atom stereocenters. The number of nitrogens with zero attached hydrogens (tertiary/aromatic N) is 2. The minimum Gasteiger partial charge on any atom is -0.392 e. The summed E-state index contributed by atoms with van der Waals surface area (Å²) in [6.07, 6.45) is 5.02. The fourth-order valence-corrected chi connectivity index (χ4v) is 3.70. The van der Waals surface area contributed by atoms with E-state index in [0.717, 1.165) is 71.4 Å². The van der Waals surface area contributed by atoms with Crippen molar-refractivity contribution in [2.24, 2.45) is 11.8 Å². The highest BCUT2D eigenvalue weighted by Crippen LogP contribution is 2.20. The lowest BCUT2D eigenvalue weighted by Crippen LogP contribution is -2.42. The number of nitrogens with one attached hydrogen (secondary N) is 1. The maximum atomic E-state index is 12.4. The van der Waals surface area contributed by atoms with Gasteiger partial charge in [-0.05, 0) is 70.6 Å². The Balaban J connectivity index is 0.00000264. The van der Waals surface area contributed by atoms with Crippen LogP contribution in [0.15, 0.2) is 0 Å². The molecule has 2 saturated heterocycles. The number of amides is 1. The average molecular weight is 384 g/mol. The van der Waals surface area contributed by atoms with Crippen LogP contribution in [0.3, 0.4) is 0 Å². The third kappa shape index (κ3) is 8.34. The molecule has 2 N–H and O–H groups in total. The van der Waals surface area contributed by atoms with E-state index in [2.05, 4.69) is 10.2 Å². The van der Waals surface area contributed by atoms with Gasteiger partial charge >= 0.3 is 0 Å². The van der Waals surface area contributed by atoms with E-state index in [1.165, 1.54) is 0 Å². The van der Waals surface area contributed by atoms with Gasteiger partial charge in [-0.3, -0.25) is 4.79 Å². The predicted molar refractivity (Wildman–Crippen MR) is 103 cm³/mol. The van der Waals surface area contributed by atoms with E-state index in [1.807, 2.05) is 18.9 Å². The van der Waals surface area contributed by atoms with Crippen molar-refractivity contribution in [3.63, 3.8) is 0 Å². The molecule has 0 aliphatic carbocycles. The molecule has 0 aromatic rings. The Morgan fingerprint density at radius 3 is 2.29 bits per heavy atom. The van der Waals surface area contributed by atoms with Crippen molar-refractivity contribution in [2.45, 2.75) is 45.1 Å². The van der Waals surface area contributed by atoms with Gasteiger partial charge in [0.1, 0.15) is 0 Å². The van der Waals surface area contributed by atoms with Crippen molar-refractivity contribution in [2.75, 3.05) is 46.3 Å². The minimum atomic E-state index is -0.245. The highest BCUT2D eigenvalue weighted by molar-refractivity contribution is 5.85. The Labute approximate surface area is 159 Å². The maximum absolute atomic E-state index is 12.4. The van der Waals surface area contributed by atoms with Crippen molar-refractivity contribution >= 4 is 30.7 Å². The zero-order valence-corrected chi connectivity index (χ0v) is 16.7. The number of β-amino-alcohol motifs (C(OH)–C–C–N with tert-alkyl or cyclic N) is 1. The van der Waals surface area contributed by atoms with Gasteiger partial charge in [0, 0.05) is 26.6 Å². The number of rotatable bonds is 6. The standard InChI is InChI=1S/C17H33N3O2.2ClH/c1-14(21)12-20-9-5-16(6-10-20)13-19(2)17(22)11-15-3-7-18-8-4-15;;/h14-16,18,21H,3-13H2,1-2H3;2*1H. The molecule has 24 heavy (non-hydrogen) atoms. The van der Waals surface area contributed by atoms with Crippen LogP contribution in [0, 0.1) is 11.8 Å². The van der Waals surface area contributed by atoms with Crippen molar-refractivity contribution in [3.05, 3.63) is 0 Å². The molecule has 0 aromatic heterocycles. The number of carbonyl (C=O) groups is 1. The summed E-state index contributed by atoms with van der Waals surface area (Å²) in [7, 11) is 1.96. The van der Waals surface area contributed by atoms with Crippen LogP contribution in [-0.4, -0.2) is 73.2 Å². The van der Waals surface area contributed by atoms with Gasteiger partial charge in [0.05, 0.1) is 6.10 Å². The first-order valence-corrected chi connectivity index (χ1v) is 8.89. The second-order valence-corrected chi connectivity index (χ2v) is 7.26. The molecule has 2 aliphatic rings. The molecule has 0 spiro atoms. The van der Waals surface area contributed by atoms with E-state index in [0.29, 0.717) is 17.7 Å². The zero-order chi connectivity index (χ0) is 15.9. The summed E-state index contributed by atoms with van der Waals surface area (Å²) in [6, 6.07) is 0. The van der Waals surface area contributed by atoms with Gasteiger partial charge in [-0.2, -0.15) is 0 Å². The monoisotopic (exact) mass is 383 g/mol. The van der Waals surface area contributed by atoms with Crippen LogP contribution in [0.1, 0.15) is 39.0 Å². The molecule has 0 bridgehead atoms. The summed E-state index contributed by atoms with van der Waals surface area (Å²) in [4.78, 5) is 16.6. The summed E-state index contributed by atoms with van der Waals surface area (Å²) in [5, 5.41) is 12.8. The lowest BCUT2D eigenvalue weighted by atomic mass is 9.93. The Morgan fingerprint density at radius 1 is 1.17 bits per heavy atom. The fraction of sp³-hybridized carbons (Fsp3) is 0.941. The van der Waals surface area contributed by atoms with E-state index in [1.54, 1.807) is 0 Å². The van der Waals surface area contributed by atoms with Crippen LogP contribution in [0.25, 0.3) is 0 Å². The molecular formula is C17H35Cl2N3O2. The van der Waals surface area contributed by atoms with Crippen LogP contribution in [-0.2, 0) is 4.79 Å². The molecule has 0 aromatic carbocycles. The predicted octanol–water partition coefficient (Wildman–Crippen LogP) is 1.77. The number of likely N-dealkylation sites (tertiary alicyclic amines) is 1. The minimum absolute atomic E-state index is 0. The molecule has 2 aliphatic heterocycles. The number of aliphatic hydroxyl groups excluding tert-OH is 1. The van der Waals surface area contributed by atoms with Gasteiger partial charge in [0.2, 0.25) is 5.91 Å². The van der Waals surface area contributed by atoms with E-state index >= 15 is 0 Å². The Morgan fingerprint density at radius 2 is 1.75 bits per heavy atom. The van der Waals surface area contributed by atoms with E-state index < -0.39 is 0 Å². The molecule has 5 nitrogen and oxygen atoms in total. The molecule has 0 saturated carbocycles. The lowest BCUT2D eigenvalue weighted by Gasteiger charge is -2.34. The molecule has 1 amide bonds. The van der Waals surface area contributed by atoms with Gasteiger partial charge in [0.25, 0.3) is 0 Å². The SMILES string of the molecule is CC(O)CN1CCC(CN(C)C(=O)CC2CCNCC2)CC1.Cl.Cl. The lowest BCUT2D eigenvalue weighted by molar-refractivity contribution is -0.131. The quantitative estimate of drug-likeness (QED) is 0.733. The third-order valence-corrected chi connectivity index (χ3v) is 5.11. The normalized spacial score (nSPS) is 21.5. The topological polar surface area (TPSA) is 55.8 Å². The van der Waals surface area contributed by atoms with Crippen LogP contribution in [0.5, 0.6) is 0 Å². The van der Waals surface area contributed by atoms with Crippen LogP contribution < -0.4 is 5.32 Å². The van der Waals surface area contributed by atoms with Gasteiger partial charge < -0.3 is 20.2 Å². The largest absolute Gasteiger partial charge is 0.392 e. The summed E-state index contributed by atoms with van der Waals surface area (Å²) in [6.45, 7) is 7.73. The smallest absolute Gasteiger partial charge is 0.222 e. The second kappa shape index (κ2) is 12.3. The Hall–Kier alpha value is -0.0700. The summed E-state index contributed by atoms with van der Waals surface area (Å²) < 4.78 is 0. The molecule has 2 rings (SSSR count). The molecule has 1 unspecified atom stereocenters. The van der Waals surface area contributed by atoms with E-state index in [9.17, 15) is 9.90 Å². The summed E-state index contributed by atoms with van der Waals surface area (Å²) in [5.41, 5.74) is 0. The molecule has 7 heteroatoms. The third-order valence-electron chi connectivity index (χ3n) is 5.11. The Bertz CT molecular complexity index is 345. The molecule has 2 fully saturated rings. The molecule has 0 radical (unpaired) electrons. The first-order chi connectivity index (χ1) is 10.5. The number of halogens is 2. The number of carbonyl (C=O) groups excluding carboxylic acids is 1. The summed E-state index contributed by atoms with van der Waals surface area (Å²) in [5.74, 6) is 1.51. The molecule has 144 valence electrons. The number of hydrogen-bond donors (Lipinski definition) is 2. The zero-order valence-electron chi connectivity index (χ0n) is 15.1. The van der Waals surface area contributed by atoms with Crippen LogP contribution in [0.2, 0.25) is 0 Å². The van der Waals surface area contributed by atoms with Gasteiger partial charge in [-0.15, -0.1) is 24.8 Å². The molecular weight excluding hydrogens is 349 g/mol. The van der Waals surface area contributed by atoms with Crippen molar-refractivity contribution in [3.8, 4) is 0 Å². The van der Waals surface area contributed by atoms with E-state index in [4.69, 9.17) is 0 Å². The number of piperidine rings is 2. The van der Waals surface area contributed by atoms with E-state index in [-0.39, 0.29) is 30.9 Å². The fourth-order valence-electron chi connectivity index (χ4n) is 3.70. The molecule has 2 heterocycles. The van der Waals surface area contributed by atoms with Gasteiger partial charge in [-0.1, -0.05) is 0 Å². The summed E-state index contributed by atoms with van der Waals surface area (Å²) >= 11 is 0. The first-order valence-electron chi connectivity index (χ1n) is 8.89. The number of aliphatic hydroxyl groups is 1.